The zero-order valence-electron chi connectivity index (χ0n) is 30.8. The average Bonchev–Trinajstić information content (AvgIpc) is 3.05. The number of carboxylic acids is 1. The second-order valence-corrected chi connectivity index (χ2v) is 15.4. The Balaban J connectivity index is 0.00000308. The van der Waals surface area contributed by atoms with E-state index in [2.05, 4.69) is 14.0 Å². The van der Waals surface area contributed by atoms with Gasteiger partial charge in [-0.1, -0.05) is 71.1 Å². The Morgan fingerprint density at radius 2 is 1.20 bits per heavy atom. The van der Waals surface area contributed by atoms with E-state index in [1.54, 1.807) is 0 Å². The zero-order valence-corrected chi connectivity index (χ0v) is 31.7. The van der Waals surface area contributed by atoms with Gasteiger partial charge in [0.2, 0.25) is 0 Å². The van der Waals surface area contributed by atoms with Crippen molar-refractivity contribution in [3.63, 3.8) is 0 Å². The van der Waals surface area contributed by atoms with Gasteiger partial charge in [-0.3, -0.25) is 4.57 Å². The fraction of sp³-hybridized carbons (Fsp3) is 0.971. The highest BCUT2D eigenvalue weighted by Crippen LogP contribution is 2.48. The summed E-state index contributed by atoms with van der Waals surface area (Å²) in [4.78, 5) is 8.78. The van der Waals surface area contributed by atoms with E-state index in [-0.39, 0.29) is 0 Å². The molecule has 0 amide bonds. The van der Waals surface area contributed by atoms with Crippen LogP contribution in [0.2, 0.25) is 0 Å². The highest BCUT2D eigenvalue weighted by atomic mass is 31.2. The molecule has 0 spiro atoms. The summed E-state index contributed by atoms with van der Waals surface area (Å²) in [6.45, 7) is 9.41. The van der Waals surface area contributed by atoms with E-state index in [4.69, 9.17) is 28.4 Å². The monoisotopic (exact) mass is 753 g/mol. The first kappa shape index (κ1) is 49.1. The third-order valence-electron chi connectivity index (χ3n) is 8.79. The Morgan fingerprint density at radius 3 is 1.64 bits per heavy atom. The summed E-state index contributed by atoms with van der Waals surface area (Å²) in [6, 6.07) is 0. The van der Waals surface area contributed by atoms with Gasteiger partial charge in [-0.2, -0.15) is 13.2 Å². The van der Waals surface area contributed by atoms with E-state index in [1.165, 1.54) is 70.6 Å². The number of hydrogen-bond acceptors (Lipinski definition) is 11. The van der Waals surface area contributed by atoms with Crippen molar-refractivity contribution in [3.8, 4) is 0 Å². The Hall–Kier alpha value is -0.870. The zero-order chi connectivity index (χ0) is 38.1. The minimum atomic E-state index is -5.19. The molecule has 300 valence electrons. The maximum absolute atomic E-state index is 13.0. The van der Waals surface area contributed by atoms with Crippen molar-refractivity contribution in [2.45, 2.75) is 154 Å². The van der Waals surface area contributed by atoms with Gasteiger partial charge in [0.05, 0.1) is 59.3 Å². The van der Waals surface area contributed by atoms with Crippen LogP contribution in [0.4, 0.5) is 13.2 Å². The number of aliphatic carboxylic acids is 1. The van der Waals surface area contributed by atoms with Crippen molar-refractivity contribution < 1.29 is 71.1 Å². The number of aliphatic hydroxyl groups is 4. The van der Waals surface area contributed by atoms with Crippen LogP contribution < -0.4 is 5.11 Å². The fourth-order valence-corrected chi connectivity index (χ4v) is 7.52. The van der Waals surface area contributed by atoms with Gasteiger partial charge in [-0.15, -0.1) is 0 Å². The van der Waals surface area contributed by atoms with Crippen LogP contribution in [0.3, 0.4) is 0 Å². The number of halogens is 3. The molecule has 1 aliphatic rings. The van der Waals surface area contributed by atoms with Gasteiger partial charge in [0.1, 0.15) is 30.4 Å². The number of ether oxygens (including phenoxy) is 2. The van der Waals surface area contributed by atoms with Crippen LogP contribution >= 0.6 is 7.60 Å². The summed E-state index contributed by atoms with van der Waals surface area (Å²) in [5.74, 6) is -3.01. The highest BCUT2D eigenvalue weighted by Gasteiger charge is 2.44. The molecule has 16 heteroatoms. The molecule has 0 bridgehead atoms. The second kappa shape index (κ2) is 27.7. The molecule has 4 N–H and O–H groups in total. The van der Waals surface area contributed by atoms with Gasteiger partial charge in [-0.05, 0) is 39.5 Å². The van der Waals surface area contributed by atoms with E-state index >= 15 is 0 Å². The molecule has 0 aromatic carbocycles. The predicted octanol–water partition coefficient (Wildman–Crippen LogP) is 4.69. The summed E-state index contributed by atoms with van der Waals surface area (Å²) in [6.07, 6.45) is 7.16. The first-order valence-electron chi connectivity index (χ1n) is 18.5. The summed E-state index contributed by atoms with van der Waals surface area (Å²) in [7, 11) is -0.796. The van der Waals surface area contributed by atoms with E-state index in [0.29, 0.717) is 26.0 Å². The molecule has 0 aromatic heterocycles. The smallest absolute Gasteiger partial charge is 0.430 e. The molecule has 0 aliphatic carbocycles. The quantitative estimate of drug-likeness (QED) is 0.0496. The summed E-state index contributed by atoms with van der Waals surface area (Å²) >= 11 is 0. The Kier molecular flexibility index (Phi) is 27.2. The lowest BCUT2D eigenvalue weighted by Gasteiger charge is -2.39. The fourth-order valence-electron chi connectivity index (χ4n) is 5.88. The summed E-state index contributed by atoms with van der Waals surface area (Å²) in [5.41, 5.74) is 0. The van der Waals surface area contributed by atoms with E-state index < -0.39 is 57.1 Å². The van der Waals surface area contributed by atoms with Crippen LogP contribution in [-0.4, -0.2) is 127 Å². The van der Waals surface area contributed by atoms with Gasteiger partial charge >= 0.3 is 13.8 Å². The molecule has 12 nitrogen and oxygen atoms in total. The lowest BCUT2D eigenvalue weighted by atomic mass is 9.99. The highest BCUT2D eigenvalue weighted by molar-refractivity contribution is 7.53. The number of aliphatic hydroxyl groups excluding tert-OH is 4. The third kappa shape index (κ3) is 22.3. The van der Waals surface area contributed by atoms with Gasteiger partial charge < -0.3 is 53.3 Å². The Labute approximate surface area is 297 Å². The lowest BCUT2D eigenvalue weighted by Crippen LogP contribution is -2.59. The molecule has 1 fully saturated rings. The Bertz CT molecular complexity index is 893. The number of alkyl halides is 3. The van der Waals surface area contributed by atoms with Crippen molar-refractivity contribution in [3.05, 3.63) is 0 Å². The van der Waals surface area contributed by atoms with Crippen LogP contribution in [0.1, 0.15) is 117 Å². The van der Waals surface area contributed by atoms with Crippen LogP contribution in [0.5, 0.6) is 0 Å². The summed E-state index contributed by atoms with van der Waals surface area (Å²) < 4.78 is 67.5. The molecule has 1 aliphatic heterocycles. The van der Waals surface area contributed by atoms with E-state index in [0.717, 1.165) is 49.8 Å². The normalized spacial score (nSPS) is 22.5. The maximum atomic E-state index is 13.0. The number of carboxylic acid groups (broad SMARTS) is 1. The minimum Gasteiger partial charge on any atom is -0.542 e. The van der Waals surface area contributed by atoms with Crippen molar-refractivity contribution >= 4 is 13.6 Å². The molecule has 0 saturated carbocycles. The topological polar surface area (TPSA) is 175 Å². The first-order valence-corrected chi connectivity index (χ1v) is 20.2. The lowest BCUT2D eigenvalue weighted by molar-refractivity contribution is -0.910. The van der Waals surface area contributed by atoms with Gasteiger partial charge in [0.15, 0.2) is 6.29 Å². The number of nitrogens with zero attached hydrogens (tertiary/aromatic N) is 1. The number of carbonyl (C=O) groups is 1. The second-order valence-electron chi connectivity index (χ2n) is 13.3. The third-order valence-corrected chi connectivity index (χ3v) is 11.0. The van der Waals surface area contributed by atoms with Crippen molar-refractivity contribution in [2.24, 2.45) is 0 Å². The number of rotatable bonds is 28. The van der Waals surface area contributed by atoms with E-state index in [9.17, 15) is 38.2 Å². The minimum absolute atomic E-state index is 0.325. The van der Waals surface area contributed by atoms with Gasteiger partial charge in [0.25, 0.3) is 0 Å². The average molecular weight is 754 g/mol. The number of hydrogen-bond donors (Lipinski definition) is 4. The SMILES string of the molecule is CCCCCCCCCCCCCC[N+](C)(CCCCOC1O[C@H](CO)[C@@H](O)[C@H](O)[C@H]1O)CCCP(=O)(OCC)OCC.O=C([O-])C(F)(F)F. The molecule has 0 aromatic rings. The molecule has 1 saturated heterocycles. The number of carbonyl (C=O) groups excluding carboxylic acids is 1. The Morgan fingerprint density at radius 1 is 0.760 bits per heavy atom. The van der Waals surface area contributed by atoms with Crippen LogP contribution in [0.25, 0.3) is 0 Å². The molecule has 1 heterocycles. The molecular formula is C34H67F3NO11P. The largest absolute Gasteiger partial charge is 0.542 e. The van der Waals surface area contributed by atoms with Gasteiger partial charge in [-0.25, -0.2) is 0 Å². The maximum Gasteiger partial charge on any atom is 0.430 e. The molecule has 1 rings (SSSR count). The predicted molar refractivity (Wildman–Crippen MR) is 182 cm³/mol. The van der Waals surface area contributed by atoms with Gasteiger partial charge in [0, 0.05) is 6.42 Å². The molecule has 6 atom stereocenters. The van der Waals surface area contributed by atoms with Crippen molar-refractivity contribution in [2.75, 3.05) is 59.3 Å². The molecular weight excluding hydrogens is 686 g/mol. The molecule has 0 radical (unpaired) electrons. The molecule has 50 heavy (non-hydrogen) atoms. The van der Waals surface area contributed by atoms with E-state index in [1.807, 2.05) is 13.8 Å². The van der Waals surface area contributed by atoms with Crippen LogP contribution in [0.15, 0.2) is 0 Å². The standard InChI is InChI=1S/C32H67NO9P.C2HF3O2/c1-5-8-9-10-11-12-13-14-15-16-17-18-22-33(4,24-21-26-43(38,40-6-2)41-7-3)23-19-20-25-39-32-31(37)30(36)29(35)28(27-34)42-32;3-2(4,5)1(6)7/h28-32,34-37H,5-27H2,1-4H3;(H,6,7)/q+1;/p-1/t28-,29-,30+,31-,32?,33?;/m1./s1. The van der Waals surface area contributed by atoms with Crippen LogP contribution in [0, 0.1) is 0 Å². The van der Waals surface area contributed by atoms with Crippen molar-refractivity contribution in [1.29, 1.82) is 0 Å². The first-order chi connectivity index (χ1) is 23.6. The summed E-state index contributed by atoms with van der Waals surface area (Å²) in [5, 5.41) is 48.3. The van der Waals surface area contributed by atoms with Crippen molar-refractivity contribution in [1.82, 2.24) is 0 Å². The number of quaternary nitrogens is 1. The number of unbranched alkanes of at least 4 members (excludes halogenated alkanes) is 12. The van der Waals surface area contributed by atoms with Crippen LogP contribution in [-0.2, 0) is 27.9 Å². The molecule has 2 unspecified atom stereocenters.